The summed E-state index contributed by atoms with van der Waals surface area (Å²) >= 11 is 0. The molecule has 0 aliphatic rings. The number of nitrogens with one attached hydrogen (secondary N) is 2. The van der Waals surface area contributed by atoms with Crippen LogP contribution in [-0.4, -0.2) is 39.6 Å². The van der Waals surface area contributed by atoms with Gasteiger partial charge in [-0.15, -0.1) is 0 Å². The van der Waals surface area contributed by atoms with Gasteiger partial charge in [0, 0.05) is 25.6 Å². The minimum Gasteiger partial charge on any atom is -0.379 e. The van der Waals surface area contributed by atoms with E-state index in [0.717, 1.165) is 12.0 Å². The first-order valence-corrected chi connectivity index (χ1v) is 10.2. The third-order valence-corrected chi connectivity index (χ3v) is 5.03. The Balaban J connectivity index is 2.37. The van der Waals surface area contributed by atoms with Gasteiger partial charge < -0.3 is 10.1 Å². The molecule has 0 bridgehead atoms. The van der Waals surface area contributed by atoms with Crippen molar-refractivity contribution in [1.82, 2.24) is 10.0 Å². The van der Waals surface area contributed by atoms with Crippen LogP contribution in [0.3, 0.4) is 0 Å². The SMILES string of the molecule is CC(C)NS(=O)(=O)c1ccc(CCC(=O)NCCCOC(C)C)cc1. The molecule has 1 rings (SSSR count). The van der Waals surface area contributed by atoms with Crippen molar-refractivity contribution in [2.75, 3.05) is 13.2 Å². The zero-order valence-corrected chi connectivity index (χ0v) is 16.4. The van der Waals surface area contributed by atoms with E-state index in [-0.39, 0.29) is 22.9 Å². The quantitative estimate of drug-likeness (QED) is 0.585. The van der Waals surface area contributed by atoms with Gasteiger partial charge in [0.15, 0.2) is 0 Å². The summed E-state index contributed by atoms with van der Waals surface area (Å²) in [6.45, 7) is 8.75. The molecule has 6 nitrogen and oxygen atoms in total. The maximum atomic E-state index is 12.0. The van der Waals surface area contributed by atoms with Gasteiger partial charge in [-0.2, -0.15) is 0 Å². The van der Waals surface area contributed by atoms with Gasteiger partial charge in [-0.1, -0.05) is 12.1 Å². The Bertz CT molecular complexity index is 625. The zero-order valence-electron chi connectivity index (χ0n) is 15.5. The standard InChI is InChI=1S/C18H30N2O4S/c1-14(2)20-25(22,23)17-9-6-16(7-10-17)8-11-18(21)19-12-5-13-24-15(3)4/h6-7,9-10,14-15,20H,5,8,11-13H2,1-4H3,(H,19,21). The van der Waals surface area contributed by atoms with Crippen LogP contribution in [-0.2, 0) is 26.0 Å². The Morgan fingerprint density at radius 3 is 2.32 bits per heavy atom. The van der Waals surface area contributed by atoms with Gasteiger partial charge in [0.2, 0.25) is 15.9 Å². The summed E-state index contributed by atoms with van der Waals surface area (Å²) in [5.74, 6) is -0.0114. The maximum Gasteiger partial charge on any atom is 0.240 e. The highest BCUT2D eigenvalue weighted by molar-refractivity contribution is 7.89. The molecule has 1 aromatic rings. The summed E-state index contributed by atoms with van der Waals surface area (Å²) in [7, 11) is -3.47. The van der Waals surface area contributed by atoms with E-state index < -0.39 is 10.0 Å². The second-order valence-electron chi connectivity index (χ2n) is 6.54. The fourth-order valence-corrected chi connectivity index (χ4v) is 3.43. The molecule has 0 aliphatic carbocycles. The number of rotatable bonds is 11. The van der Waals surface area contributed by atoms with Crippen molar-refractivity contribution in [2.45, 2.75) is 64.0 Å². The van der Waals surface area contributed by atoms with Gasteiger partial charge in [0.05, 0.1) is 11.0 Å². The smallest absolute Gasteiger partial charge is 0.240 e. The summed E-state index contributed by atoms with van der Waals surface area (Å²) in [6.07, 6.45) is 1.95. The van der Waals surface area contributed by atoms with Crippen LogP contribution < -0.4 is 10.0 Å². The molecule has 7 heteroatoms. The van der Waals surface area contributed by atoms with Gasteiger partial charge in [-0.05, 0) is 58.2 Å². The number of aryl methyl sites for hydroxylation is 1. The molecule has 25 heavy (non-hydrogen) atoms. The molecule has 0 saturated heterocycles. The minimum absolute atomic E-state index is 0.0114. The first kappa shape index (κ1) is 21.6. The summed E-state index contributed by atoms with van der Waals surface area (Å²) < 4.78 is 32.0. The zero-order chi connectivity index (χ0) is 18.9. The molecule has 0 saturated carbocycles. The number of amides is 1. The lowest BCUT2D eigenvalue weighted by molar-refractivity contribution is -0.121. The van der Waals surface area contributed by atoms with Crippen molar-refractivity contribution in [1.29, 1.82) is 0 Å². The number of carbonyl (C=O) groups is 1. The second-order valence-corrected chi connectivity index (χ2v) is 8.26. The van der Waals surface area contributed by atoms with Crippen molar-refractivity contribution in [3.05, 3.63) is 29.8 Å². The van der Waals surface area contributed by atoms with Crippen LogP contribution in [0.15, 0.2) is 29.2 Å². The first-order valence-electron chi connectivity index (χ1n) is 8.70. The Morgan fingerprint density at radius 1 is 1.12 bits per heavy atom. The lowest BCUT2D eigenvalue weighted by atomic mass is 10.1. The Kier molecular flexibility index (Phi) is 9.10. The fourth-order valence-electron chi connectivity index (χ4n) is 2.18. The summed E-state index contributed by atoms with van der Waals surface area (Å²) in [5.41, 5.74) is 0.932. The van der Waals surface area contributed by atoms with Gasteiger partial charge in [0.1, 0.15) is 0 Å². The van der Waals surface area contributed by atoms with E-state index in [0.29, 0.717) is 26.0 Å². The van der Waals surface area contributed by atoms with E-state index in [1.165, 1.54) is 0 Å². The van der Waals surface area contributed by atoms with Gasteiger partial charge in [-0.25, -0.2) is 13.1 Å². The van der Waals surface area contributed by atoms with Crippen molar-refractivity contribution < 1.29 is 17.9 Å². The molecule has 0 radical (unpaired) electrons. The molecule has 1 amide bonds. The van der Waals surface area contributed by atoms with Crippen LogP contribution >= 0.6 is 0 Å². The lowest BCUT2D eigenvalue weighted by Crippen LogP contribution is -2.30. The van der Waals surface area contributed by atoms with Crippen molar-refractivity contribution in [2.24, 2.45) is 0 Å². The van der Waals surface area contributed by atoms with Crippen LogP contribution in [0.4, 0.5) is 0 Å². The molecule has 0 aromatic heterocycles. The van der Waals surface area contributed by atoms with E-state index in [9.17, 15) is 13.2 Å². The molecule has 0 atom stereocenters. The number of sulfonamides is 1. The third-order valence-electron chi connectivity index (χ3n) is 3.36. The number of hydrogen-bond donors (Lipinski definition) is 2. The van der Waals surface area contributed by atoms with Gasteiger partial charge in [0.25, 0.3) is 0 Å². The highest BCUT2D eigenvalue weighted by Gasteiger charge is 2.14. The number of ether oxygens (including phenoxy) is 1. The first-order chi connectivity index (χ1) is 11.7. The van der Waals surface area contributed by atoms with Crippen molar-refractivity contribution in [3.63, 3.8) is 0 Å². The number of hydrogen-bond acceptors (Lipinski definition) is 4. The molecule has 0 unspecified atom stereocenters. The average Bonchev–Trinajstić information content (AvgIpc) is 2.51. The second kappa shape index (κ2) is 10.5. The Hall–Kier alpha value is -1.44. The largest absolute Gasteiger partial charge is 0.379 e. The average molecular weight is 371 g/mol. The molecule has 0 heterocycles. The van der Waals surface area contributed by atoms with Gasteiger partial charge in [-0.3, -0.25) is 4.79 Å². The molecule has 0 spiro atoms. The van der Waals surface area contributed by atoms with E-state index in [1.54, 1.807) is 38.1 Å². The summed E-state index contributed by atoms with van der Waals surface area (Å²) in [6, 6.07) is 6.49. The lowest BCUT2D eigenvalue weighted by Gasteiger charge is -2.10. The molecule has 0 aliphatic heterocycles. The number of carbonyl (C=O) groups excluding carboxylic acids is 1. The highest BCUT2D eigenvalue weighted by atomic mass is 32.2. The molecule has 142 valence electrons. The van der Waals surface area contributed by atoms with E-state index in [2.05, 4.69) is 10.0 Å². The predicted molar refractivity (Wildman–Crippen MR) is 98.9 cm³/mol. The highest BCUT2D eigenvalue weighted by Crippen LogP contribution is 2.12. The van der Waals surface area contributed by atoms with Crippen molar-refractivity contribution in [3.8, 4) is 0 Å². The maximum absolute atomic E-state index is 12.0. The van der Waals surface area contributed by atoms with Crippen LogP contribution in [0.2, 0.25) is 0 Å². The predicted octanol–water partition coefficient (Wildman–Crippen LogP) is 2.24. The van der Waals surface area contributed by atoms with Crippen molar-refractivity contribution >= 4 is 15.9 Å². The fraction of sp³-hybridized carbons (Fsp3) is 0.611. The van der Waals surface area contributed by atoms with Gasteiger partial charge >= 0.3 is 0 Å². The summed E-state index contributed by atoms with van der Waals surface area (Å²) in [4.78, 5) is 12.0. The van der Waals surface area contributed by atoms with Crippen LogP contribution in [0, 0.1) is 0 Å². The summed E-state index contributed by atoms with van der Waals surface area (Å²) in [5, 5.41) is 2.86. The van der Waals surface area contributed by atoms with Crippen LogP contribution in [0.25, 0.3) is 0 Å². The van der Waals surface area contributed by atoms with Crippen LogP contribution in [0.5, 0.6) is 0 Å². The monoisotopic (exact) mass is 370 g/mol. The number of benzene rings is 1. The molecule has 0 fully saturated rings. The third kappa shape index (κ3) is 9.00. The normalized spacial score (nSPS) is 11.9. The molecular weight excluding hydrogens is 340 g/mol. The topological polar surface area (TPSA) is 84.5 Å². The Morgan fingerprint density at radius 2 is 1.76 bits per heavy atom. The molecule has 2 N–H and O–H groups in total. The van der Waals surface area contributed by atoms with E-state index in [1.807, 2.05) is 13.8 Å². The molecular formula is C18H30N2O4S. The van der Waals surface area contributed by atoms with E-state index in [4.69, 9.17) is 4.74 Å². The molecule has 1 aromatic carbocycles. The Labute approximate surface area is 151 Å². The van der Waals surface area contributed by atoms with E-state index >= 15 is 0 Å². The van der Waals surface area contributed by atoms with Crippen LogP contribution in [0.1, 0.15) is 46.1 Å². The minimum atomic E-state index is -3.47.